The van der Waals surface area contributed by atoms with Crippen LogP contribution in [0.4, 0.5) is 5.69 Å². The van der Waals surface area contributed by atoms with Crippen molar-refractivity contribution in [3.05, 3.63) is 59.7 Å². The Morgan fingerprint density at radius 1 is 1.00 bits per heavy atom. The second-order valence-corrected chi connectivity index (χ2v) is 3.63. The van der Waals surface area contributed by atoms with E-state index >= 15 is 0 Å². The summed E-state index contributed by atoms with van der Waals surface area (Å²) in [6.07, 6.45) is -0.812. The molecule has 0 saturated carbocycles. The Bertz CT molecular complexity index is 483. The van der Waals surface area contributed by atoms with Crippen LogP contribution in [0.1, 0.15) is 17.2 Å². The number of aliphatic hydroxyl groups is 1. The summed E-state index contributed by atoms with van der Waals surface area (Å²) in [6.45, 7) is 0. The number of benzene rings is 2. The molecular weight excluding hydrogens is 202 g/mol. The minimum Gasteiger partial charge on any atom is -0.508 e. The SMILES string of the molecule is Nc1ccc(O)cc1C(O)c1ccccc1. The molecule has 82 valence electrons. The van der Waals surface area contributed by atoms with Gasteiger partial charge in [0.05, 0.1) is 0 Å². The highest BCUT2D eigenvalue weighted by Gasteiger charge is 2.13. The van der Waals surface area contributed by atoms with Gasteiger partial charge in [-0.2, -0.15) is 0 Å². The molecule has 3 nitrogen and oxygen atoms in total. The van der Waals surface area contributed by atoms with Crippen molar-refractivity contribution in [1.82, 2.24) is 0 Å². The number of nitrogen functional groups attached to an aromatic ring is 1. The highest BCUT2D eigenvalue weighted by atomic mass is 16.3. The van der Waals surface area contributed by atoms with Crippen molar-refractivity contribution in [1.29, 1.82) is 0 Å². The van der Waals surface area contributed by atoms with Crippen molar-refractivity contribution < 1.29 is 10.2 Å². The van der Waals surface area contributed by atoms with Gasteiger partial charge in [-0.05, 0) is 23.8 Å². The van der Waals surface area contributed by atoms with Crippen LogP contribution in [-0.4, -0.2) is 10.2 Å². The summed E-state index contributed by atoms with van der Waals surface area (Å²) in [7, 11) is 0. The van der Waals surface area contributed by atoms with Crippen molar-refractivity contribution >= 4 is 5.69 Å². The van der Waals surface area contributed by atoms with E-state index in [1.54, 1.807) is 6.07 Å². The summed E-state index contributed by atoms with van der Waals surface area (Å²) in [5, 5.41) is 19.5. The number of aliphatic hydroxyl groups excluding tert-OH is 1. The van der Waals surface area contributed by atoms with E-state index in [-0.39, 0.29) is 5.75 Å². The Balaban J connectivity index is 2.41. The maximum atomic E-state index is 10.1. The van der Waals surface area contributed by atoms with E-state index in [2.05, 4.69) is 0 Å². The van der Waals surface area contributed by atoms with Crippen LogP contribution in [0, 0.1) is 0 Å². The predicted octanol–water partition coefficient (Wildman–Crippen LogP) is 2.06. The van der Waals surface area contributed by atoms with Gasteiger partial charge in [0.15, 0.2) is 0 Å². The molecular formula is C13H13NO2. The van der Waals surface area contributed by atoms with Gasteiger partial charge in [0.1, 0.15) is 11.9 Å². The molecule has 0 fully saturated rings. The fourth-order valence-electron chi connectivity index (χ4n) is 1.61. The molecule has 4 N–H and O–H groups in total. The molecule has 0 aromatic heterocycles. The van der Waals surface area contributed by atoms with Crippen LogP contribution >= 0.6 is 0 Å². The first kappa shape index (κ1) is 10.5. The summed E-state index contributed by atoms with van der Waals surface area (Å²) >= 11 is 0. The topological polar surface area (TPSA) is 66.5 Å². The van der Waals surface area contributed by atoms with Gasteiger partial charge in [-0.15, -0.1) is 0 Å². The highest BCUT2D eigenvalue weighted by molar-refractivity contribution is 5.53. The predicted molar refractivity (Wildman–Crippen MR) is 63.0 cm³/mol. The van der Waals surface area contributed by atoms with E-state index in [9.17, 15) is 10.2 Å². The summed E-state index contributed by atoms with van der Waals surface area (Å²) in [5.74, 6) is 0.0965. The van der Waals surface area contributed by atoms with Gasteiger partial charge in [0, 0.05) is 11.3 Å². The number of hydrogen-bond acceptors (Lipinski definition) is 3. The lowest BCUT2D eigenvalue weighted by atomic mass is 10.00. The molecule has 0 heterocycles. The number of aromatic hydroxyl groups is 1. The quantitative estimate of drug-likeness (QED) is 0.530. The summed E-state index contributed by atoms with van der Waals surface area (Å²) in [5.41, 5.74) is 7.49. The highest BCUT2D eigenvalue weighted by Crippen LogP contribution is 2.29. The fourth-order valence-corrected chi connectivity index (χ4v) is 1.61. The minimum absolute atomic E-state index is 0.0965. The largest absolute Gasteiger partial charge is 0.508 e. The van der Waals surface area contributed by atoms with Crippen LogP contribution in [0.15, 0.2) is 48.5 Å². The average Bonchev–Trinajstić information content (AvgIpc) is 2.32. The van der Waals surface area contributed by atoms with E-state index in [1.807, 2.05) is 30.3 Å². The Morgan fingerprint density at radius 3 is 2.38 bits per heavy atom. The Labute approximate surface area is 93.8 Å². The molecule has 16 heavy (non-hydrogen) atoms. The molecule has 2 aromatic rings. The van der Waals surface area contributed by atoms with Crippen LogP contribution in [0.2, 0.25) is 0 Å². The number of phenolic OH excluding ortho intramolecular Hbond substituents is 1. The maximum absolute atomic E-state index is 10.1. The second kappa shape index (κ2) is 4.24. The molecule has 2 rings (SSSR count). The third-order valence-corrected chi connectivity index (χ3v) is 2.48. The Kier molecular flexibility index (Phi) is 2.79. The summed E-state index contributed by atoms with van der Waals surface area (Å²) in [6, 6.07) is 13.7. The normalized spacial score (nSPS) is 12.3. The van der Waals surface area contributed by atoms with Crippen LogP contribution < -0.4 is 5.73 Å². The lowest BCUT2D eigenvalue weighted by Gasteiger charge is -2.14. The van der Waals surface area contributed by atoms with Gasteiger partial charge in [0.25, 0.3) is 0 Å². The molecule has 0 radical (unpaired) electrons. The first-order valence-electron chi connectivity index (χ1n) is 5.00. The standard InChI is InChI=1S/C13H13NO2/c14-12-7-6-10(15)8-11(12)13(16)9-4-2-1-3-5-9/h1-8,13,15-16H,14H2. The van der Waals surface area contributed by atoms with Gasteiger partial charge in [-0.3, -0.25) is 0 Å². The van der Waals surface area contributed by atoms with Gasteiger partial charge < -0.3 is 15.9 Å². The average molecular weight is 215 g/mol. The first-order chi connectivity index (χ1) is 7.68. The van der Waals surface area contributed by atoms with Crippen molar-refractivity contribution in [2.75, 3.05) is 5.73 Å². The van der Waals surface area contributed by atoms with Gasteiger partial charge in [0.2, 0.25) is 0 Å². The minimum atomic E-state index is -0.812. The van der Waals surface area contributed by atoms with E-state index in [1.165, 1.54) is 12.1 Å². The summed E-state index contributed by atoms with van der Waals surface area (Å²) < 4.78 is 0. The lowest BCUT2D eigenvalue weighted by Crippen LogP contribution is -2.03. The third-order valence-electron chi connectivity index (χ3n) is 2.48. The van der Waals surface area contributed by atoms with Crippen LogP contribution in [0.3, 0.4) is 0 Å². The number of nitrogens with two attached hydrogens (primary N) is 1. The molecule has 0 aliphatic rings. The zero-order valence-corrected chi connectivity index (χ0v) is 8.67. The number of rotatable bonds is 2. The molecule has 3 heteroatoms. The monoisotopic (exact) mass is 215 g/mol. The molecule has 0 bridgehead atoms. The molecule has 0 spiro atoms. The molecule has 0 saturated heterocycles. The van der Waals surface area contributed by atoms with Gasteiger partial charge >= 0.3 is 0 Å². The fraction of sp³-hybridized carbons (Fsp3) is 0.0769. The Hall–Kier alpha value is -2.00. The van der Waals surface area contributed by atoms with E-state index in [4.69, 9.17) is 5.73 Å². The maximum Gasteiger partial charge on any atom is 0.116 e. The molecule has 0 aliphatic carbocycles. The third kappa shape index (κ3) is 1.99. The smallest absolute Gasteiger partial charge is 0.116 e. The van der Waals surface area contributed by atoms with E-state index in [0.29, 0.717) is 11.3 Å². The number of anilines is 1. The molecule has 1 atom stereocenters. The van der Waals surface area contributed by atoms with Crippen LogP contribution in [0.25, 0.3) is 0 Å². The molecule has 0 amide bonds. The van der Waals surface area contributed by atoms with Crippen molar-refractivity contribution in [2.24, 2.45) is 0 Å². The molecule has 1 unspecified atom stereocenters. The second-order valence-electron chi connectivity index (χ2n) is 3.63. The zero-order chi connectivity index (χ0) is 11.5. The van der Waals surface area contributed by atoms with Crippen LogP contribution in [-0.2, 0) is 0 Å². The Morgan fingerprint density at radius 2 is 1.69 bits per heavy atom. The van der Waals surface area contributed by atoms with Crippen molar-refractivity contribution in [3.8, 4) is 5.75 Å². The van der Waals surface area contributed by atoms with Gasteiger partial charge in [-0.1, -0.05) is 30.3 Å². The van der Waals surface area contributed by atoms with Gasteiger partial charge in [-0.25, -0.2) is 0 Å². The lowest BCUT2D eigenvalue weighted by molar-refractivity contribution is 0.220. The van der Waals surface area contributed by atoms with Crippen molar-refractivity contribution in [2.45, 2.75) is 6.10 Å². The first-order valence-corrected chi connectivity index (χ1v) is 5.00. The van der Waals surface area contributed by atoms with E-state index in [0.717, 1.165) is 5.56 Å². The number of phenols is 1. The summed E-state index contributed by atoms with van der Waals surface area (Å²) in [4.78, 5) is 0. The van der Waals surface area contributed by atoms with Crippen LogP contribution in [0.5, 0.6) is 5.75 Å². The van der Waals surface area contributed by atoms with E-state index < -0.39 is 6.10 Å². The number of hydrogen-bond donors (Lipinski definition) is 3. The molecule has 0 aliphatic heterocycles. The zero-order valence-electron chi connectivity index (χ0n) is 8.67. The van der Waals surface area contributed by atoms with Crippen molar-refractivity contribution in [3.63, 3.8) is 0 Å². The molecule has 2 aromatic carbocycles.